The first-order valence-electron chi connectivity index (χ1n) is 3.21. The van der Waals surface area contributed by atoms with E-state index in [9.17, 15) is 19.7 Å². The van der Waals surface area contributed by atoms with E-state index in [1.807, 2.05) is 5.32 Å². The number of primary amides is 1. The van der Waals surface area contributed by atoms with E-state index in [-0.39, 0.29) is 10.1 Å². The SMILES string of the molecule is NC(=O)C(=O)Nc1ncc([N+](=O)[O-])s1. The first kappa shape index (κ1) is 10.1. The minimum absolute atomic E-state index is 0.0412. The van der Waals surface area contributed by atoms with Crippen LogP contribution >= 0.6 is 11.3 Å². The number of carbonyl (C=O) groups is 2. The summed E-state index contributed by atoms with van der Waals surface area (Å²) in [5.74, 6) is -2.24. The first-order chi connectivity index (χ1) is 6.50. The number of nitrogens with zero attached hydrogens (tertiary/aromatic N) is 2. The average molecular weight is 216 g/mol. The fourth-order valence-corrected chi connectivity index (χ4v) is 1.19. The molecule has 3 N–H and O–H groups in total. The smallest absolute Gasteiger partial charge is 0.345 e. The predicted molar refractivity (Wildman–Crippen MR) is 46.6 cm³/mol. The average Bonchev–Trinajstić information content (AvgIpc) is 2.52. The molecule has 74 valence electrons. The van der Waals surface area contributed by atoms with Gasteiger partial charge in [0.25, 0.3) is 0 Å². The maximum atomic E-state index is 10.7. The molecule has 0 aromatic carbocycles. The summed E-state index contributed by atoms with van der Waals surface area (Å²) in [7, 11) is 0. The monoisotopic (exact) mass is 216 g/mol. The molecule has 0 saturated heterocycles. The number of hydrogen-bond acceptors (Lipinski definition) is 6. The van der Waals surface area contributed by atoms with Crippen LogP contribution in [0.2, 0.25) is 0 Å². The second kappa shape index (κ2) is 3.79. The molecule has 0 bridgehead atoms. The molecule has 0 aliphatic carbocycles. The molecule has 1 aromatic heterocycles. The van der Waals surface area contributed by atoms with Gasteiger partial charge in [0.15, 0.2) is 5.13 Å². The molecule has 1 aromatic rings. The molecule has 0 radical (unpaired) electrons. The van der Waals surface area contributed by atoms with Crippen LogP contribution in [0.1, 0.15) is 0 Å². The van der Waals surface area contributed by atoms with Gasteiger partial charge < -0.3 is 5.73 Å². The number of thiazole rings is 1. The quantitative estimate of drug-likeness (QED) is 0.390. The van der Waals surface area contributed by atoms with Crippen molar-refractivity contribution in [1.82, 2.24) is 4.98 Å². The van der Waals surface area contributed by atoms with Crippen molar-refractivity contribution in [2.45, 2.75) is 0 Å². The Labute approximate surface area is 80.9 Å². The van der Waals surface area contributed by atoms with Gasteiger partial charge in [-0.2, -0.15) is 0 Å². The molecule has 0 saturated carbocycles. The Morgan fingerprint density at radius 2 is 2.29 bits per heavy atom. The van der Waals surface area contributed by atoms with Crippen molar-refractivity contribution in [3.05, 3.63) is 16.3 Å². The molecular formula is C5H4N4O4S. The molecule has 1 rings (SSSR count). The number of aromatic nitrogens is 1. The lowest BCUT2D eigenvalue weighted by molar-refractivity contribution is -0.380. The Balaban J connectivity index is 2.74. The summed E-state index contributed by atoms with van der Waals surface area (Å²) in [6, 6.07) is 0. The summed E-state index contributed by atoms with van der Waals surface area (Å²) >= 11 is 0.637. The second-order valence-corrected chi connectivity index (χ2v) is 3.09. The molecule has 2 amide bonds. The van der Waals surface area contributed by atoms with E-state index in [0.29, 0.717) is 11.3 Å². The van der Waals surface area contributed by atoms with Crippen LogP contribution in [0.4, 0.5) is 10.1 Å². The number of amides is 2. The fourth-order valence-electron chi connectivity index (χ4n) is 0.567. The van der Waals surface area contributed by atoms with Crippen LogP contribution in [-0.2, 0) is 9.59 Å². The summed E-state index contributed by atoms with van der Waals surface area (Å²) in [5, 5.41) is 11.9. The van der Waals surface area contributed by atoms with Crippen LogP contribution < -0.4 is 11.1 Å². The summed E-state index contributed by atoms with van der Waals surface area (Å²) in [6.45, 7) is 0. The second-order valence-electron chi connectivity index (χ2n) is 2.08. The molecule has 9 heteroatoms. The van der Waals surface area contributed by atoms with Gasteiger partial charge in [-0.25, -0.2) is 4.98 Å². The van der Waals surface area contributed by atoms with Gasteiger partial charge in [-0.1, -0.05) is 0 Å². The lowest BCUT2D eigenvalue weighted by atomic mass is 10.6. The zero-order valence-electron chi connectivity index (χ0n) is 6.59. The first-order valence-corrected chi connectivity index (χ1v) is 4.03. The van der Waals surface area contributed by atoms with E-state index in [1.54, 1.807) is 0 Å². The number of nitrogens with one attached hydrogen (secondary N) is 1. The van der Waals surface area contributed by atoms with Crippen LogP contribution in [0.3, 0.4) is 0 Å². The molecule has 0 aliphatic rings. The third-order valence-corrected chi connectivity index (χ3v) is 1.98. The molecule has 1 heterocycles. The number of nitro groups is 1. The normalized spacial score (nSPS) is 9.43. The van der Waals surface area contributed by atoms with Gasteiger partial charge in [0.1, 0.15) is 6.20 Å². The molecule has 0 spiro atoms. The van der Waals surface area contributed by atoms with Crippen LogP contribution in [0.15, 0.2) is 6.20 Å². The Hall–Kier alpha value is -2.03. The van der Waals surface area contributed by atoms with Crippen molar-refractivity contribution in [3.8, 4) is 0 Å². The van der Waals surface area contributed by atoms with Gasteiger partial charge in [-0.05, 0) is 11.3 Å². The topological polar surface area (TPSA) is 128 Å². The highest BCUT2D eigenvalue weighted by Gasteiger charge is 2.15. The van der Waals surface area contributed by atoms with Crippen molar-refractivity contribution in [2.75, 3.05) is 5.32 Å². The van der Waals surface area contributed by atoms with Gasteiger partial charge >= 0.3 is 16.8 Å². The van der Waals surface area contributed by atoms with Gasteiger partial charge in [0.05, 0.1) is 4.92 Å². The Morgan fingerprint density at radius 3 is 2.71 bits per heavy atom. The zero-order valence-corrected chi connectivity index (χ0v) is 7.41. The number of carbonyl (C=O) groups excluding carboxylic acids is 2. The number of rotatable bonds is 2. The molecule has 14 heavy (non-hydrogen) atoms. The van der Waals surface area contributed by atoms with Crippen molar-refractivity contribution in [1.29, 1.82) is 0 Å². The number of nitrogens with two attached hydrogens (primary N) is 1. The molecule has 0 aliphatic heterocycles. The highest BCUT2D eigenvalue weighted by Crippen LogP contribution is 2.24. The van der Waals surface area contributed by atoms with E-state index < -0.39 is 16.7 Å². The largest absolute Gasteiger partial charge is 0.361 e. The molecular weight excluding hydrogens is 212 g/mol. The van der Waals surface area contributed by atoms with Crippen LogP contribution in [0, 0.1) is 10.1 Å². The third-order valence-electron chi connectivity index (χ3n) is 1.12. The van der Waals surface area contributed by atoms with Gasteiger partial charge in [-0.15, -0.1) is 0 Å². The highest BCUT2D eigenvalue weighted by molar-refractivity contribution is 7.18. The minimum Gasteiger partial charge on any atom is -0.361 e. The van der Waals surface area contributed by atoms with Crippen molar-refractivity contribution >= 4 is 33.3 Å². The van der Waals surface area contributed by atoms with Crippen LogP contribution in [0.5, 0.6) is 0 Å². The van der Waals surface area contributed by atoms with Gasteiger partial charge in [0.2, 0.25) is 0 Å². The molecule has 0 atom stereocenters. The minimum atomic E-state index is -1.18. The van der Waals surface area contributed by atoms with Crippen LogP contribution in [0.25, 0.3) is 0 Å². The maximum Gasteiger partial charge on any atom is 0.345 e. The summed E-state index contributed by atoms with van der Waals surface area (Å²) in [6.07, 6.45) is 0.973. The standard InChI is InChI=1S/C5H4N4O4S/c6-3(10)4(11)8-5-7-1-2(14-5)9(12)13/h1H,(H2,6,10)(H,7,8,11). The lowest BCUT2D eigenvalue weighted by Crippen LogP contribution is -2.29. The van der Waals surface area contributed by atoms with E-state index in [2.05, 4.69) is 10.7 Å². The third kappa shape index (κ3) is 2.23. The van der Waals surface area contributed by atoms with Gasteiger partial charge in [0, 0.05) is 0 Å². The van der Waals surface area contributed by atoms with Crippen molar-refractivity contribution < 1.29 is 14.5 Å². The molecule has 0 fully saturated rings. The van der Waals surface area contributed by atoms with Gasteiger partial charge in [-0.3, -0.25) is 25.0 Å². The van der Waals surface area contributed by atoms with Crippen molar-refractivity contribution in [3.63, 3.8) is 0 Å². The van der Waals surface area contributed by atoms with E-state index in [4.69, 9.17) is 0 Å². The highest BCUT2D eigenvalue weighted by atomic mass is 32.1. The Bertz CT molecular complexity index is 400. The van der Waals surface area contributed by atoms with E-state index >= 15 is 0 Å². The van der Waals surface area contributed by atoms with Crippen LogP contribution in [-0.4, -0.2) is 21.7 Å². The fraction of sp³-hybridized carbons (Fsp3) is 0. The number of hydrogen-bond donors (Lipinski definition) is 2. The van der Waals surface area contributed by atoms with E-state index in [0.717, 1.165) is 6.20 Å². The lowest BCUT2D eigenvalue weighted by Gasteiger charge is -1.93. The molecule has 0 unspecified atom stereocenters. The predicted octanol–water partition coefficient (Wildman–Crippen LogP) is -0.525. The zero-order chi connectivity index (χ0) is 10.7. The Morgan fingerprint density at radius 1 is 1.64 bits per heavy atom. The van der Waals surface area contributed by atoms with Crippen molar-refractivity contribution in [2.24, 2.45) is 5.73 Å². The number of anilines is 1. The summed E-state index contributed by atoms with van der Waals surface area (Å²) in [4.78, 5) is 34.0. The van der Waals surface area contributed by atoms with E-state index in [1.165, 1.54) is 0 Å². The molecule has 8 nitrogen and oxygen atoms in total. The summed E-state index contributed by atoms with van der Waals surface area (Å²) < 4.78 is 0. The summed E-state index contributed by atoms with van der Waals surface area (Å²) in [5.41, 5.74) is 4.64. The Kier molecular flexibility index (Phi) is 2.72. The maximum absolute atomic E-state index is 10.7.